The summed E-state index contributed by atoms with van der Waals surface area (Å²) in [6, 6.07) is 22.1. The number of nitrogens with zero attached hydrogens (tertiary/aromatic N) is 4. The molecule has 4 aromatic rings. The highest BCUT2D eigenvalue weighted by molar-refractivity contribution is 7.89. The van der Waals surface area contributed by atoms with Crippen molar-refractivity contribution >= 4 is 21.6 Å². The minimum Gasteiger partial charge on any atom is -0.346 e. The smallest absolute Gasteiger partial charge is 0.251 e. The van der Waals surface area contributed by atoms with Gasteiger partial charge < -0.3 is 9.72 Å². The Hall–Kier alpha value is -3.53. The molecule has 0 atom stereocenters. The van der Waals surface area contributed by atoms with Crippen LogP contribution in [0.15, 0.2) is 90.1 Å². The maximum absolute atomic E-state index is 13.3. The molecule has 5 rings (SSSR count). The van der Waals surface area contributed by atoms with Gasteiger partial charge in [-0.3, -0.25) is 9.69 Å². The molecule has 3 heterocycles. The number of benzene rings is 2. The van der Waals surface area contributed by atoms with E-state index in [1.165, 1.54) is 15.9 Å². The SMILES string of the molecule is O=C(NCc1cn2ccccc2n1)c1cccc(S(=O)(=O)N2CCN(Cc3ccccc3)CC2)c1. The standard InChI is InChI=1S/C26H27N5O3S/c32-26(27-18-23-20-30-12-5-4-11-25(30)28-23)22-9-6-10-24(17-22)35(33,34)31-15-13-29(14-16-31)19-21-7-2-1-3-8-21/h1-12,17,20H,13-16,18-19H2,(H,27,32). The molecule has 1 saturated heterocycles. The van der Waals surface area contributed by atoms with Crippen molar-refractivity contribution in [2.75, 3.05) is 26.2 Å². The zero-order valence-corrected chi connectivity index (χ0v) is 20.1. The predicted molar refractivity (Wildman–Crippen MR) is 133 cm³/mol. The van der Waals surface area contributed by atoms with Gasteiger partial charge in [-0.15, -0.1) is 0 Å². The molecule has 0 saturated carbocycles. The first kappa shape index (κ1) is 23.2. The van der Waals surface area contributed by atoms with Crippen LogP contribution in [0.25, 0.3) is 5.65 Å². The molecule has 1 aliphatic rings. The van der Waals surface area contributed by atoms with E-state index in [-0.39, 0.29) is 17.3 Å². The summed E-state index contributed by atoms with van der Waals surface area (Å²) in [6.45, 7) is 3.21. The molecule has 1 fully saturated rings. The molecule has 1 aliphatic heterocycles. The Morgan fingerprint density at radius 2 is 1.69 bits per heavy atom. The summed E-state index contributed by atoms with van der Waals surface area (Å²) in [6.07, 6.45) is 3.75. The van der Waals surface area contributed by atoms with Gasteiger partial charge >= 0.3 is 0 Å². The molecule has 2 aromatic heterocycles. The van der Waals surface area contributed by atoms with Crippen molar-refractivity contribution in [3.05, 3.63) is 102 Å². The topological polar surface area (TPSA) is 87.0 Å². The van der Waals surface area contributed by atoms with Crippen LogP contribution in [0, 0.1) is 0 Å². The highest BCUT2D eigenvalue weighted by Crippen LogP contribution is 2.20. The van der Waals surface area contributed by atoms with E-state index in [0.29, 0.717) is 31.7 Å². The predicted octanol–water partition coefficient (Wildman–Crippen LogP) is 2.77. The number of fused-ring (bicyclic) bond motifs is 1. The van der Waals surface area contributed by atoms with Crippen molar-refractivity contribution < 1.29 is 13.2 Å². The fourth-order valence-corrected chi connectivity index (χ4v) is 5.73. The molecular weight excluding hydrogens is 462 g/mol. The van der Waals surface area contributed by atoms with Gasteiger partial charge in [0.25, 0.3) is 5.91 Å². The van der Waals surface area contributed by atoms with Crippen molar-refractivity contribution in [3.8, 4) is 0 Å². The average molecular weight is 490 g/mol. The lowest BCUT2D eigenvalue weighted by Gasteiger charge is -2.34. The molecule has 0 aliphatic carbocycles. The number of imidazole rings is 1. The number of pyridine rings is 1. The van der Waals surface area contributed by atoms with Crippen molar-refractivity contribution in [2.45, 2.75) is 18.0 Å². The number of aromatic nitrogens is 2. The Kier molecular flexibility index (Phi) is 6.63. The maximum Gasteiger partial charge on any atom is 0.251 e. The summed E-state index contributed by atoms with van der Waals surface area (Å²) in [4.78, 5) is 19.6. The average Bonchev–Trinajstić information content (AvgIpc) is 3.31. The molecule has 0 unspecified atom stereocenters. The van der Waals surface area contributed by atoms with E-state index in [1.807, 2.05) is 53.2 Å². The molecule has 0 spiro atoms. The molecule has 1 N–H and O–H groups in total. The maximum atomic E-state index is 13.3. The van der Waals surface area contributed by atoms with Gasteiger partial charge in [0.2, 0.25) is 10.0 Å². The zero-order chi connectivity index (χ0) is 24.3. The highest BCUT2D eigenvalue weighted by atomic mass is 32.2. The van der Waals surface area contributed by atoms with E-state index in [1.54, 1.807) is 18.2 Å². The van der Waals surface area contributed by atoms with Crippen LogP contribution in [-0.4, -0.2) is 59.1 Å². The van der Waals surface area contributed by atoms with Crippen LogP contribution in [0.5, 0.6) is 0 Å². The molecule has 8 nitrogen and oxygen atoms in total. The van der Waals surface area contributed by atoms with E-state index < -0.39 is 10.0 Å². The third kappa shape index (κ3) is 5.27. The van der Waals surface area contributed by atoms with Crippen molar-refractivity contribution in [1.29, 1.82) is 0 Å². The number of carbonyl (C=O) groups is 1. The molecule has 9 heteroatoms. The third-order valence-corrected chi connectivity index (χ3v) is 8.05. The van der Waals surface area contributed by atoms with E-state index in [4.69, 9.17) is 0 Å². The van der Waals surface area contributed by atoms with E-state index in [0.717, 1.165) is 17.9 Å². The van der Waals surface area contributed by atoms with Crippen LogP contribution in [0.4, 0.5) is 0 Å². The summed E-state index contributed by atoms with van der Waals surface area (Å²) in [5.41, 5.74) is 3.04. The van der Waals surface area contributed by atoms with Gasteiger partial charge in [0.15, 0.2) is 0 Å². The fourth-order valence-electron chi connectivity index (χ4n) is 4.26. The first-order valence-corrected chi connectivity index (χ1v) is 13.0. The third-order valence-electron chi connectivity index (χ3n) is 6.16. The number of hydrogen-bond acceptors (Lipinski definition) is 5. The molecule has 1 amide bonds. The summed E-state index contributed by atoms with van der Waals surface area (Å²) in [5, 5.41) is 2.83. The number of hydrogen-bond donors (Lipinski definition) is 1. The van der Waals surface area contributed by atoms with Gasteiger partial charge in [-0.1, -0.05) is 42.5 Å². The Morgan fingerprint density at radius 3 is 2.46 bits per heavy atom. The molecule has 0 radical (unpaired) electrons. The Labute approximate surface area is 204 Å². The van der Waals surface area contributed by atoms with Crippen LogP contribution in [0.2, 0.25) is 0 Å². The van der Waals surface area contributed by atoms with Gasteiger partial charge in [0.05, 0.1) is 17.1 Å². The Morgan fingerprint density at radius 1 is 0.914 bits per heavy atom. The lowest BCUT2D eigenvalue weighted by molar-refractivity contribution is 0.0950. The summed E-state index contributed by atoms with van der Waals surface area (Å²) in [7, 11) is -3.69. The van der Waals surface area contributed by atoms with E-state index in [2.05, 4.69) is 27.3 Å². The van der Waals surface area contributed by atoms with Crippen molar-refractivity contribution in [1.82, 2.24) is 23.9 Å². The second-order valence-corrected chi connectivity index (χ2v) is 10.5. The van der Waals surface area contributed by atoms with Gasteiger partial charge in [0.1, 0.15) is 5.65 Å². The summed E-state index contributed by atoms with van der Waals surface area (Å²) < 4.78 is 29.9. The number of piperazine rings is 1. The normalized spacial score (nSPS) is 15.3. The van der Waals surface area contributed by atoms with Crippen molar-refractivity contribution in [3.63, 3.8) is 0 Å². The van der Waals surface area contributed by atoms with Crippen LogP contribution >= 0.6 is 0 Å². The van der Waals surface area contributed by atoms with Crippen LogP contribution in [0.3, 0.4) is 0 Å². The van der Waals surface area contributed by atoms with E-state index in [9.17, 15) is 13.2 Å². The zero-order valence-electron chi connectivity index (χ0n) is 19.2. The van der Waals surface area contributed by atoms with Gasteiger partial charge in [-0.05, 0) is 35.9 Å². The molecule has 35 heavy (non-hydrogen) atoms. The molecule has 180 valence electrons. The van der Waals surface area contributed by atoms with Gasteiger partial charge in [-0.25, -0.2) is 13.4 Å². The lowest BCUT2D eigenvalue weighted by atomic mass is 10.2. The second kappa shape index (κ2) is 9.99. The number of amides is 1. The Balaban J connectivity index is 1.21. The quantitative estimate of drug-likeness (QED) is 0.431. The molecule has 0 bridgehead atoms. The van der Waals surface area contributed by atoms with Crippen LogP contribution in [-0.2, 0) is 23.1 Å². The van der Waals surface area contributed by atoms with Gasteiger partial charge in [-0.2, -0.15) is 4.31 Å². The first-order chi connectivity index (χ1) is 17.0. The number of sulfonamides is 1. The number of nitrogens with one attached hydrogen (secondary N) is 1. The fraction of sp³-hybridized carbons (Fsp3) is 0.231. The van der Waals surface area contributed by atoms with Crippen molar-refractivity contribution in [2.24, 2.45) is 0 Å². The highest BCUT2D eigenvalue weighted by Gasteiger charge is 2.29. The van der Waals surface area contributed by atoms with E-state index >= 15 is 0 Å². The molecular formula is C26H27N5O3S. The largest absolute Gasteiger partial charge is 0.346 e. The Bertz CT molecular complexity index is 1390. The monoisotopic (exact) mass is 489 g/mol. The second-order valence-electron chi connectivity index (χ2n) is 8.57. The summed E-state index contributed by atoms with van der Waals surface area (Å²) in [5.74, 6) is -0.341. The molecule has 2 aromatic carbocycles. The summed E-state index contributed by atoms with van der Waals surface area (Å²) >= 11 is 0. The lowest BCUT2D eigenvalue weighted by Crippen LogP contribution is -2.48. The number of carbonyl (C=O) groups excluding carboxylic acids is 1. The minimum absolute atomic E-state index is 0.134. The number of rotatable bonds is 7. The van der Waals surface area contributed by atoms with Crippen LogP contribution in [0.1, 0.15) is 21.6 Å². The van der Waals surface area contributed by atoms with Crippen LogP contribution < -0.4 is 5.32 Å². The van der Waals surface area contributed by atoms with Gasteiger partial charge in [0, 0.05) is 50.7 Å². The minimum atomic E-state index is -3.69. The first-order valence-electron chi connectivity index (χ1n) is 11.6.